The highest BCUT2D eigenvalue weighted by molar-refractivity contribution is 4.78. The molecule has 0 aromatic carbocycles. The first-order chi connectivity index (χ1) is 4.62. The summed E-state index contributed by atoms with van der Waals surface area (Å²) < 4.78 is 0. The summed E-state index contributed by atoms with van der Waals surface area (Å²) in [4.78, 5) is -0.906. The summed E-state index contributed by atoms with van der Waals surface area (Å²) in [5.41, 5.74) is 0. The van der Waals surface area contributed by atoms with Crippen molar-refractivity contribution in [3.8, 4) is 0 Å². The Morgan fingerprint density at radius 2 is 1.80 bits per heavy atom. The highest BCUT2D eigenvalue weighted by Crippen LogP contribution is 1.94. The van der Waals surface area contributed by atoms with E-state index in [4.69, 9.17) is 10.4 Å². The minimum absolute atomic E-state index is 0.268. The molecule has 0 unspecified atom stereocenters. The first kappa shape index (κ1) is 9.62. The van der Waals surface area contributed by atoms with Crippen LogP contribution >= 0.6 is 0 Å². The lowest BCUT2D eigenvalue weighted by Crippen LogP contribution is -2.40. The maximum absolute atomic E-state index is 8.99. The molecule has 3 heteroatoms. The van der Waals surface area contributed by atoms with Gasteiger partial charge < -0.3 is 0 Å². The molecule has 0 aliphatic carbocycles. The largest absolute Gasteiger partial charge is 0.182 e. The molecule has 0 aliphatic rings. The van der Waals surface area contributed by atoms with Crippen molar-refractivity contribution in [2.45, 2.75) is 20.3 Å². The number of rotatable bonds is 4. The Kier molecular flexibility index (Phi) is 4.27. The zero-order valence-corrected chi connectivity index (χ0v) is 6.62. The molecule has 0 amide bonds. The standard InChI is InChI=1S/C7H16NO2/c1-3-5-6-7-8(9,10)4-2/h5-6,9-10H,3-4,7H2,1-2H3/q+1. The molecule has 0 saturated heterocycles. The van der Waals surface area contributed by atoms with Crippen LogP contribution in [-0.2, 0) is 0 Å². The van der Waals surface area contributed by atoms with E-state index in [1.807, 2.05) is 13.0 Å². The van der Waals surface area contributed by atoms with Gasteiger partial charge in [-0.1, -0.05) is 13.0 Å². The first-order valence-electron chi connectivity index (χ1n) is 3.60. The van der Waals surface area contributed by atoms with E-state index in [1.165, 1.54) is 0 Å². The van der Waals surface area contributed by atoms with Gasteiger partial charge in [0.1, 0.15) is 6.54 Å². The number of allylic oxidation sites excluding steroid dienone is 1. The Morgan fingerprint density at radius 3 is 2.20 bits per heavy atom. The van der Waals surface area contributed by atoms with E-state index in [0.717, 1.165) is 6.42 Å². The van der Waals surface area contributed by atoms with Crippen LogP contribution < -0.4 is 0 Å². The van der Waals surface area contributed by atoms with Gasteiger partial charge in [0.05, 0.1) is 0 Å². The van der Waals surface area contributed by atoms with Crippen molar-refractivity contribution in [3.05, 3.63) is 12.2 Å². The zero-order valence-electron chi connectivity index (χ0n) is 6.62. The van der Waals surface area contributed by atoms with Crippen LogP contribution in [0.15, 0.2) is 12.2 Å². The van der Waals surface area contributed by atoms with Gasteiger partial charge in [0, 0.05) is 0 Å². The minimum Gasteiger partial charge on any atom is -0.182 e. The van der Waals surface area contributed by atoms with E-state index in [2.05, 4.69) is 0 Å². The Morgan fingerprint density at radius 1 is 1.20 bits per heavy atom. The molecule has 0 saturated carbocycles. The van der Waals surface area contributed by atoms with Gasteiger partial charge in [0.2, 0.25) is 0 Å². The molecule has 0 aromatic heterocycles. The van der Waals surface area contributed by atoms with Crippen molar-refractivity contribution in [1.29, 1.82) is 0 Å². The maximum Gasteiger partial charge on any atom is 0.160 e. The molecule has 2 N–H and O–H groups in total. The van der Waals surface area contributed by atoms with Gasteiger partial charge in [-0.15, -0.1) is 0 Å². The Hall–Kier alpha value is -0.380. The van der Waals surface area contributed by atoms with Gasteiger partial charge in [-0.3, -0.25) is 0 Å². The van der Waals surface area contributed by atoms with Gasteiger partial charge in [-0.25, -0.2) is 0 Å². The molecule has 0 spiro atoms. The van der Waals surface area contributed by atoms with Gasteiger partial charge >= 0.3 is 0 Å². The topological polar surface area (TPSA) is 40.5 Å². The quantitative estimate of drug-likeness (QED) is 0.359. The number of hydrogen-bond acceptors (Lipinski definition) is 2. The fraction of sp³-hybridized carbons (Fsp3) is 0.714. The van der Waals surface area contributed by atoms with Crippen molar-refractivity contribution in [1.82, 2.24) is 0 Å². The Labute approximate surface area is 61.7 Å². The summed E-state index contributed by atoms with van der Waals surface area (Å²) in [5, 5.41) is 18.0. The zero-order chi connectivity index (χ0) is 8.04. The molecule has 0 bridgehead atoms. The minimum atomic E-state index is -0.906. The second kappa shape index (κ2) is 4.44. The van der Waals surface area contributed by atoms with Crippen molar-refractivity contribution in [3.63, 3.8) is 0 Å². The van der Waals surface area contributed by atoms with Crippen LogP contribution in [0.4, 0.5) is 0 Å². The molecule has 0 radical (unpaired) electrons. The van der Waals surface area contributed by atoms with E-state index in [0.29, 0.717) is 6.54 Å². The van der Waals surface area contributed by atoms with Gasteiger partial charge in [-0.2, -0.15) is 10.4 Å². The maximum atomic E-state index is 8.99. The smallest absolute Gasteiger partial charge is 0.160 e. The number of quaternary nitrogens is 1. The third-order valence-corrected chi connectivity index (χ3v) is 1.31. The third-order valence-electron chi connectivity index (χ3n) is 1.31. The lowest BCUT2D eigenvalue weighted by molar-refractivity contribution is -1.24. The van der Waals surface area contributed by atoms with E-state index in [-0.39, 0.29) is 6.54 Å². The molecule has 0 heterocycles. The molecule has 0 aromatic rings. The summed E-state index contributed by atoms with van der Waals surface area (Å²) in [5.74, 6) is 0. The lowest BCUT2D eigenvalue weighted by Gasteiger charge is -2.16. The average molecular weight is 146 g/mol. The molecule has 0 fully saturated rings. The van der Waals surface area contributed by atoms with Crippen molar-refractivity contribution < 1.29 is 15.2 Å². The second-order valence-electron chi connectivity index (χ2n) is 2.26. The highest BCUT2D eigenvalue weighted by Gasteiger charge is 2.15. The number of nitrogens with zero attached hydrogens (tertiary/aromatic N) is 1. The molecule has 0 rings (SSSR count). The van der Waals surface area contributed by atoms with E-state index in [9.17, 15) is 0 Å². The van der Waals surface area contributed by atoms with E-state index < -0.39 is 4.81 Å². The summed E-state index contributed by atoms with van der Waals surface area (Å²) in [7, 11) is 0. The van der Waals surface area contributed by atoms with Gasteiger partial charge in [-0.05, 0) is 24.2 Å². The molecule has 60 valence electrons. The van der Waals surface area contributed by atoms with Crippen molar-refractivity contribution >= 4 is 0 Å². The fourth-order valence-corrected chi connectivity index (χ4v) is 0.539. The molecular formula is C7H16NO2+. The average Bonchev–Trinajstić information content (AvgIpc) is 1.89. The predicted molar refractivity (Wildman–Crippen MR) is 38.7 cm³/mol. The van der Waals surface area contributed by atoms with Crippen LogP contribution in [0.25, 0.3) is 0 Å². The van der Waals surface area contributed by atoms with E-state index >= 15 is 0 Å². The second-order valence-corrected chi connectivity index (χ2v) is 2.26. The summed E-state index contributed by atoms with van der Waals surface area (Å²) in [6.07, 6.45) is 4.61. The van der Waals surface area contributed by atoms with Crippen LogP contribution in [0.1, 0.15) is 20.3 Å². The predicted octanol–water partition coefficient (Wildman–Crippen LogP) is 1.57. The molecule has 0 aliphatic heterocycles. The molecule has 10 heavy (non-hydrogen) atoms. The third kappa shape index (κ3) is 4.49. The number of hydroxylamine groups is 4. The normalized spacial score (nSPS) is 12.8. The fourth-order valence-electron chi connectivity index (χ4n) is 0.539. The van der Waals surface area contributed by atoms with Gasteiger partial charge in [0.15, 0.2) is 6.54 Å². The summed E-state index contributed by atoms with van der Waals surface area (Å²) in [6.45, 7) is 4.31. The van der Waals surface area contributed by atoms with Crippen LogP contribution in [0.2, 0.25) is 0 Å². The van der Waals surface area contributed by atoms with Crippen molar-refractivity contribution in [2.75, 3.05) is 13.1 Å². The molecule has 3 nitrogen and oxygen atoms in total. The highest BCUT2D eigenvalue weighted by atomic mass is 16.8. The van der Waals surface area contributed by atoms with E-state index in [1.54, 1.807) is 13.0 Å². The summed E-state index contributed by atoms with van der Waals surface area (Å²) >= 11 is 0. The molecular weight excluding hydrogens is 130 g/mol. The van der Waals surface area contributed by atoms with Crippen LogP contribution in [0, 0.1) is 0 Å². The van der Waals surface area contributed by atoms with Crippen molar-refractivity contribution in [2.24, 2.45) is 0 Å². The molecule has 0 atom stereocenters. The first-order valence-corrected chi connectivity index (χ1v) is 3.60. The number of likely N-dealkylation sites (N-methyl/N-ethyl adjacent to an activating group) is 1. The Balaban J connectivity index is 3.56. The SMILES string of the molecule is CCC=CC[N+](O)(O)CC. The van der Waals surface area contributed by atoms with Crippen LogP contribution in [-0.4, -0.2) is 28.3 Å². The lowest BCUT2D eigenvalue weighted by atomic mass is 10.4. The summed E-state index contributed by atoms with van der Waals surface area (Å²) in [6, 6.07) is 0. The monoisotopic (exact) mass is 146 g/mol. The Bertz CT molecular complexity index is 110. The van der Waals surface area contributed by atoms with Gasteiger partial charge in [0.25, 0.3) is 0 Å². The van der Waals surface area contributed by atoms with Crippen LogP contribution in [0.5, 0.6) is 0 Å². The van der Waals surface area contributed by atoms with Crippen LogP contribution in [0.3, 0.4) is 0 Å². The number of hydrogen-bond donors (Lipinski definition) is 2.